The van der Waals surface area contributed by atoms with Crippen molar-refractivity contribution in [3.8, 4) is 17.2 Å². The van der Waals surface area contributed by atoms with Crippen LogP contribution < -0.4 is 14.2 Å². The highest BCUT2D eigenvalue weighted by Crippen LogP contribution is 2.52. The second-order valence-electron chi connectivity index (χ2n) is 7.26. The molecule has 1 aromatic rings. The summed E-state index contributed by atoms with van der Waals surface area (Å²) in [4.78, 5) is 11.6. The summed E-state index contributed by atoms with van der Waals surface area (Å²) in [5.74, 6) is 1.52. The third-order valence-electron chi connectivity index (χ3n) is 4.69. The fraction of sp³-hybridized carbons (Fsp3) is 0.611. The van der Waals surface area contributed by atoms with Crippen LogP contribution in [0.1, 0.15) is 44.4 Å². The van der Waals surface area contributed by atoms with Crippen LogP contribution in [-0.4, -0.2) is 30.4 Å². The van der Waals surface area contributed by atoms with Gasteiger partial charge in [0.15, 0.2) is 11.5 Å². The number of hydrogen-bond acceptors (Lipinski definition) is 4. The first-order valence-corrected chi connectivity index (χ1v) is 8.06. The molecule has 0 saturated carbocycles. The van der Waals surface area contributed by atoms with Gasteiger partial charge in [-0.1, -0.05) is 0 Å². The first-order valence-electron chi connectivity index (χ1n) is 8.06. The van der Waals surface area contributed by atoms with Gasteiger partial charge in [-0.15, -0.1) is 0 Å². The van der Waals surface area contributed by atoms with E-state index in [1.807, 2.05) is 13.8 Å². The maximum atomic E-state index is 11.6. The second kappa shape index (κ2) is 5.32. The zero-order chi connectivity index (χ0) is 16.9. The van der Waals surface area contributed by atoms with Gasteiger partial charge in [-0.25, -0.2) is 0 Å². The van der Waals surface area contributed by atoms with Crippen LogP contribution in [0, 0.1) is 5.41 Å². The van der Waals surface area contributed by atoms with E-state index >= 15 is 0 Å². The molecule has 23 heavy (non-hydrogen) atoms. The molecule has 0 spiro atoms. The molecule has 2 atom stereocenters. The molecule has 0 bridgehead atoms. The third kappa shape index (κ3) is 2.52. The number of benzene rings is 1. The maximum Gasteiger partial charge on any atom is 0.309 e. The minimum Gasteiger partial charge on any atom is -0.492 e. The van der Waals surface area contributed by atoms with Crippen LogP contribution in [0.3, 0.4) is 0 Å². The van der Waals surface area contributed by atoms with Crippen LogP contribution >= 0.6 is 0 Å². The van der Waals surface area contributed by atoms with Crippen molar-refractivity contribution in [3.05, 3.63) is 16.7 Å². The molecule has 2 aliphatic rings. The lowest BCUT2D eigenvalue weighted by molar-refractivity contribution is -0.146. The molecule has 126 valence electrons. The molecule has 5 heteroatoms. The molecule has 0 aromatic heterocycles. The van der Waals surface area contributed by atoms with Gasteiger partial charge in [0.1, 0.15) is 18.0 Å². The van der Waals surface area contributed by atoms with Crippen molar-refractivity contribution in [1.29, 1.82) is 0 Å². The minimum absolute atomic E-state index is 0.0607. The summed E-state index contributed by atoms with van der Waals surface area (Å²) in [7, 11) is 1.64. The van der Waals surface area contributed by atoms with Crippen LogP contribution in [-0.2, 0) is 24.1 Å². The van der Waals surface area contributed by atoms with Crippen LogP contribution in [0.2, 0.25) is 0 Å². The Balaban J connectivity index is 2.18. The number of aliphatic carboxylic acids is 1. The third-order valence-corrected chi connectivity index (χ3v) is 4.69. The summed E-state index contributed by atoms with van der Waals surface area (Å²) in [6, 6.07) is 0. The van der Waals surface area contributed by atoms with E-state index < -0.39 is 11.4 Å². The number of fused-ring (bicyclic) bond motifs is 2. The standard InChI is InChI=1S/C18H24O5/c1-9-6-11-13(8-18(3,4)17(19)20)14-12(7-10(2)22-14)15(21-5)16(11)23-9/h9-10H,6-8H2,1-5H3,(H,19,20). The normalized spacial score (nSPS) is 22.1. The molecule has 0 fully saturated rings. The van der Waals surface area contributed by atoms with E-state index in [4.69, 9.17) is 14.2 Å². The van der Waals surface area contributed by atoms with Gasteiger partial charge in [-0.2, -0.15) is 0 Å². The summed E-state index contributed by atoms with van der Waals surface area (Å²) < 4.78 is 17.6. The quantitative estimate of drug-likeness (QED) is 0.924. The van der Waals surface area contributed by atoms with Gasteiger partial charge in [0, 0.05) is 29.5 Å². The molecule has 2 heterocycles. The van der Waals surface area contributed by atoms with Crippen LogP contribution in [0.4, 0.5) is 0 Å². The molecule has 0 radical (unpaired) electrons. The highest BCUT2D eigenvalue weighted by molar-refractivity contribution is 5.75. The van der Waals surface area contributed by atoms with Gasteiger partial charge in [-0.05, 0) is 34.1 Å². The van der Waals surface area contributed by atoms with E-state index in [-0.39, 0.29) is 12.2 Å². The highest BCUT2D eigenvalue weighted by atomic mass is 16.5. The first-order chi connectivity index (χ1) is 10.7. The molecule has 5 nitrogen and oxygen atoms in total. The zero-order valence-corrected chi connectivity index (χ0v) is 14.4. The van der Waals surface area contributed by atoms with E-state index in [9.17, 15) is 9.90 Å². The Morgan fingerprint density at radius 2 is 1.74 bits per heavy atom. The van der Waals surface area contributed by atoms with Gasteiger partial charge >= 0.3 is 5.97 Å². The molecule has 1 N–H and O–H groups in total. The first kappa shape index (κ1) is 16.0. The fourth-order valence-electron chi connectivity index (χ4n) is 3.48. The van der Waals surface area contributed by atoms with Crippen molar-refractivity contribution in [2.75, 3.05) is 7.11 Å². The van der Waals surface area contributed by atoms with Gasteiger partial charge < -0.3 is 19.3 Å². The number of hydrogen-bond donors (Lipinski definition) is 1. The van der Waals surface area contributed by atoms with Crippen molar-refractivity contribution >= 4 is 5.97 Å². The Bertz CT molecular complexity index is 623. The lowest BCUT2D eigenvalue weighted by Gasteiger charge is -2.23. The van der Waals surface area contributed by atoms with Gasteiger partial charge in [0.05, 0.1) is 12.5 Å². The summed E-state index contributed by atoms with van der Waals surface area (Å²) in [5, 5.41) is 9.51. The number of carbonyl (C=O) groups is 1. The average molecular weight is 320 g/mol. The molecule has 2 unspecified atom stereocenters. The van der Waals surface area contributed by atoms with E-state index in [1.54, 1.807) is 21.0 Å². The fourth-order valence-corrected chi connectivity index (χ4v) is 3.48. The molecular weight excluding hydrogens is 296 g/mol. The lowest BCUT2D eigenvalue weighted by Crippen LogP contribution is -2.27. The monoisotopic (exact) mass is 320 g/mol. The smallest absolute Gasteiger partial charge is 0.309 e. The molecule has 0 aliphatic carbocycles. The molecular formula is C18H24O5. The molecule has 0 amide bonds. The Morgan fingerprint density at radius 1 is 1.17 bits per heavy atom. The second-order valence-corrected chi connectivity index (χ2v) is 7.26. The predicted octanol–water partition coefficient (Wildman–Crippen LogP) is 3.00. The van der Waals surface area contributed by atoms with Crippen molar-refractivity contribution < 1.29 is 24.1 Å². The van der Waals surface area contributed by atoms with E-state index in [2.05, 4.69) is 0 Å². The summed E-state index contributed by atoms with van der Waals surface area (Å²) in [6.07, 6.45) is 2.04. The predicted molar refractivity (Wildman–Crippen MR) is 85.7 cm³/mol. The van der Waals surface area contributed by atoms with Crippen molar-refractivity contribution in [3.63, 3.8) is 0 Å². The van der Waals surface area contributed by atoms with Crippen LogP contribution in [0.25, 0.3) is 0 Å². The zero-order valence-electron chi connectivity index (χ0n) is 14.4. The number of rotatable bonds is 4. The summed E-state index contributed by atoms with van der Waals surface area (Å²) >= 11 is 0. The Hall–Kier alpha value is -1.91. The number of carboxylic acids is 1. The largest absolute Gasteiger partial charge is 0.492 e. The minimum atomic E-state index is -0.864. The number of methoxy groups -OCH3 is 1. The Morgan fingerprint density at radius 3 is 2.30 bits per heavy atom. The molecule has 2 aliphatic heterocycles. The number of ether oxygens (including phenoxy) is 3. The number of carboxylic acid groups (broad SMARTS) is 1. The molecule has 3 rings (SSSR count). The SMILES string of the molecule is COc1c2c(c(CC(C)(C)C(=O)O)c3c1OC(C)C3)OC(C)C2. The van der Waals surface area contributed by atoms with Gasteiger partial charge in [-0.3, -0.25) is 4.79 Å². The van der Waals surface area contributed by atoms with Crippen molar-refractivity contribution in [2.45, 2.75) is 59.2 Å². The van der Waals surface area contributed by atoms with E-state index in [1.165, 1.54) is 0 Å². The molecule has 0 saturated heterocycles. The van der Waals surface area contributed by atoms with E-state index in [0.717, 1.165) is 46.8 Å². The maximum absolute atomic E-state index is 11.6. The van der Waals surface area contributed by atoms with Gasteiger partial charge in [0.2, 0.25) is 0 Å². The average Bonchev–Trinajstić information content (AvgIpc) is 3.01. The lowest BCUT2D eigenvalue weighted by atomic mass is 9.82. The Labute approximate surface area is 136 Å². The topological polar surface area (TPSA) is 65.0 Å². The highest BCUT2D eigenvalue weighted by Gasteiger charge is 2.39. The Kier molecular flexibility index (Phi) is 3.69. The van der Waals surface area contributed by atoms with E-state index in [0.29, 0.717) is 6.42 Å². The summed E-state index contributed by atoms with van der Waals surface area (Å²) in [6.45, 7) is 7.52. The van der Waals surface area contributed by atoms with Gasteiger partial charge in [0.25, 0.3) is 0 Å². The van der Waals surface area contributed by atoms with Crippen LogP contribution in [0.15, 0.2) is 0 Å². The summed E-state index contributed by atoms with van der Waals surface area (Å²) in [5.41, 5.74) is 2.15. The van der Waals surface area contributed by atoms with Crippen LogP contribution in [0.5, 0.6) is 17.2 Å². The van der Waals surface area contributed by atoms with Crippen molar-refractivity contribution in [2.24, 2.45) is 5.41 Å². The molecule has 1 aromatic carbocycles. The van der Waals surface area contributed by atoms with Crippen molar-refractivity contribution in [1.82, 2.24) is 0 Å².